The number of benzene rings is 2. The van der Waals surface area contributed by atoms with Gasteiger partial charge in [-0.2, -0.15) is 5.10 Å². The minimum absolute atomic E-state index is 0.0763. The summed E-state index contributed by atoms with van der Waals surface area (Å²) in [4.78, 5) is 14.9. The average molecular weight is 415 g/mol. The molecule has 1 atom stereocenters. The van der Waals surface area contributed by atoms with E-state index in [9.17, 15) is 9.18 Å². The molecule has 1 aromatic heterocycles. The quantitative estimate of drug-likeness (QED) is 0.628. The summed E-state index contributed by atoms with van der Waals surface area (Å²) in [6, 6.07) is 13.6. The van der Waals surface area contributed by atoms with Crippen LogP contribution in [0.15, 0.2) is 54.7 Å². The van der Waals surface area contributed by atoms with E-state index in [1.165, 1.54) is 12.1 Å². The smallest absolute Gasteiger partial charge is 0.254 e. The van der Waals surface area contributed by atoms with Gasteiger partial charge in [0.25, 0.3) is 5.91 Å². The van der Waals surface area contributed by atoms with Gasteiger partial charge in [-0.25, -0.2) is 9.07 Å². The van der Waals surface area contributed by atoms with E-state index in [1.807, 2.05) is 44.1 Å². The first-order valence-corrected chi connectivity index (χ1v) is 9.81. The molecule has 29 heavy (non-hydrogen) atoms. The van der Waals surface area contributed by atoms with Gasteiger partial charge in [0.15, 0.2) is 0 Å². The number of hydrogen-bond donors (Lipinski definition) is 1. The second-order valence-electron chi connectivity index (χ2n) is 6.99. The van der Waals surface area contributed by atoms with Crippen molar-refractivity contribution in [1.29, 1.82) is 0 Å². The van der Waals surface area contributed by atoms with Crippen LogP contribution in [-0.2, 0) is 6.42 Å². The van der Waals surface area contributed by atoms with Crippen LogP contribution in [0.1, 0.15) is 34.6 Å². The predicted molar refractivity (Wildman–Crippen MR) is 113 cm³/mol. The Bertz CT molecular complexity index is 985. The van der Waals surface area contributed by atoms with E-state index in [2.05, 4.69) is 10.4 Å². The number of rotatable bonds is 7. The lowest BCUT2D eigenvalue weighted by Crippen LogP contribution is -2.34. The molecular weight excluding hydrogens is 391 g/mol. The lowest BCUT2D eigenvalue weighted by atomic mass is 10.1. The van der Waals surface area contributed by atoms with Crippen molar-refractivity contribution in [3.8, 4) is 5.69 Å². The highest BCUT2D eigenvalue weighted by Gasteiger charge is 2.20. The van der Waals surface area contributed by atoms with Crippen LogP contribution in [0.5, 0.6) is 0 Å². The number of likely N-dealkylation sites (N-methyl/N-ethyl adjacent to an activating group) is 1. The second-order valence-corrected chi connectivity index (χ2v) is 7.43. The standard InChI is InChI=1S/C22H24ClFN4O/c1-4-20-19(13-26-28(20)18-7-5-6-16(23)12-18)22(29)25-14-21(27(2)3)15-8-10-17(24)11-9-15/h5-13,21H,4,14H2,1-3H3,(H,25,29). The van der Waals surface area contributed by atoms with E-state index >= 15 is 0 Å². The molecule has 3 rings (SSSR count). The number of amides is 1. The van der Waals surface area contributed by atoms with E-state index in [0.29, 0.717) is 23.6 Å². The number of halogens is 2. The van der Waals surface area contributed by atoms with Crippen LogP contribution in [0.2, 0.25) is 5.02 Å². The molecule has 2 aromatic carbocycles. The van der Waals surface area contributed by atoms with Crippen LogP contribution in [0.3, 0.4) is 0 Å². The number of carbonyl (C=O) groups is 1. The maximum Gasteiger partial charge on any atom is 0.254 e. The average Bonchev–Trinajstić information content (AvgIpc) is 3.13. The molecule has 0 aliphatic rings. The maximum absolute atomic E-state index is 13.2. The summed E-state index contributed by atoms with van der Waals surface area (Å²) in [5.74, 6) is -0.472. The normalized spacial score (nSPS) is 12.2. The van der Waals surface area contributed by atoms with Gasteiger partial charge in [-0.1, -0.05) is 36.7 Å². The van der Waals surface area contributed by atoms with Gasteiger partial charge in [0.05, 0.1) is 29.2 Å². The summed E-state index contributed by atoms with van der Waals surface area (Å²) in [7, 11) is 3.85. The van der Waals surface area contributed by atoms with Crippen molar-refractivity contribution < 1.29 is 9.18 Å². The lowest BCUT2D eigenvalue weighted by Gasteiger charge is -2.25. The van der Waals surface area contributed by atoms with Crippen molar-refractivity contribution in [3.63, 3.8) is 0 Å². The molecule has 1 amide bonds. The van der Waals surface area contributed by atoms with Crippen LogP contribution >= 0.6 is 11.6 Å². The second kappa shape index (κ2) is 9.20. The Morgan fingerprint density at radius 1 is 1.24 bits per heavy atom. The first-order valence-electron chi connectivity index (χ1n) is 9.43. The molecule has 1 N–H and O–H groups in total. The van der Waals surface area contributed by atoms with E-state index in [-0.39, 0.29) is 17.8 Å². The Morgan fingerprint density at radius 2 is 1.97 bits per heavy atom. The highest BCUT2D eigenvalue weighted by molar-refractivity contribution is 6.30. The van der Waals surface area contributed by atoms with Crippen molar-refractivity contribution in [2.24, 2.45) is 0 Å². The van der Waals surface area contributed by atoms with E-state index in [4.69, 9.17) is 11.6 Å². The Morgan fingerprint density at radius 3 is 2.59 bits per heavy atom. The molecule has 1 heterocycles. The topological polar surface area (TPSA) is 50.2 Å². The fraction of sp³-hybridized carbons (Fsp3) is 0.273. The van der Waals surface area contributed by atoms with Crippen LogP contribution < -0.4 is 5.32 Å². The monoisotopic (exact) mass is 414 g/mol. The summed E-state index contributed by atoms with van der Waals surface area (Å²) >= 11 is 6.09. The molecule has 7 heteroatoms. The largest absolute Gasteiger partial charge is 0.350 e. The van der Waals surface area contributed by atoms with Gasteiger partial charge in [-0.15, -0.1) is 0 Å². The van der Waals surface area contributed by atoms with Crippen molar-refractivity contribution in [3.05, 3.63) is 82.4 Å². The summed E-state index contributed by atoms with van der Waals surface area (Å²) in [5.41, 5.74) is 3.09. The highest BCUT2D eigenvalue weighted by Crippen LogP contribution is 2.21. The van der Waals surface area contributed by atoms with E-state index < -0.39 is 0 Å². The fourth-order valence-electron chi connectivity index (χ4n) is 3.30. The Labute approximate surface area is 175 Å². The zero-order valence-electron chi connectivity index (χ0n) is 16.7. The number of nitrogens with one attached hydrogen (secondary N) is 1. The Balaban J connectivity index is 1.79. The van der Waals surface area contributed by atoms with Gasteiger partial charge in [-0.05, 0) is 56.4 Å². The Kier molecular flexibility index (Phi) is 6.67. The lowest BCUT2D eigenvalue weighted by molar-refractivity contribution is 0.0941. The first kappa shape index (κ1) is 21.0. The fourth-order valence-corrected chi connectivity index (χ4v) is 3.49. The van der Waals surface area contributed by atoms with Crippen molar-refractivity contribution in [2.75, 3.05) is 20.6 Å². The van der Waals surface area contributed by atoms with Crippen molar-refractivity contribution in [2.45, 2.75) is 19.4 Å². The third kappa shape index (κ3) is 4.83. The van der Waals surface area contributed by atoms with Crippen molar-refractivity contribution in [1.82, 2.24) is 20.0 Å². The zero-order chi connectivity index (χ0) is 21.0. The molecule has 152 valence electrons. The van der Waals surface area contributed by atoms with Crippen LogP contribution in [0.25, 0.3) is 5.69 Å². The summed E-state index contributed by atoms with van der Waals surface area (Å²) in [5, 5.41) is 8.00. The summed E-state index contributed by atoms with van der Waals surface area (Å²) < 4.78 is 15.0. The third-order valence-electron chi connectivity index (χ3n) is 4.84. The minimum Gasteiger partial charge on any atom is -0.350 e. The molecule has 5 nitrogen and oxygen atoms in total. The van der Waals surface area contributed by atoms with Gasteiger partial charge in [0.1, 0.15) is 5.82 Å². The van der Waals surface area contributed by atoms with Gasteiger partial charge in [0.2, 0.25) is 0 Å². The first-order chi connectivity index (χ1) is 13.9. The van der Waals surface area contributed by atoms with Gasteiger partial charge in [-0.3, -0.25) is 4.79 Å². The number of aromatic nitrogens is 2. The molecule has 0 radical (unpaired) electrons. The molecule has 0 saturated heterocycles. The molecule has 0 saturated carbocycles. The summed E-state index contributed by atoms with van der Waals surface area (Å²) in [6.07, 6.45) is 2.22. The van der Waals surface area contributed by atoms with E-state index in [0.717, 1.165) is 16.9 Å². The minimum atomic E-state index is -0.281. The molecule has 0 aliphatic carbocycles. The van der Waals surface area contributed by atoms with Crippen LogP contribution in [-0.4, -0.2) is 41.2 Å². The van der Waals surface area contributed by atoms with Gasteiger partial charge >= 0.3 is 0 Å². The molecule has 3 aromatic rings. The number of hydrogen-bond acceptors (Lipinski definition) is 3. The Hall–Kier alpha value is -2.70. The molecule has 1 unspecified atom stereocenters. The maximum atomic E-state index is 13.2. The predicted octanol–water partition coefficient (Wildman–Crippen LogP) is 4.26. The van der Waals surface area contributed by atoms with Crippen LogP contribution in [0.4, 0.5) is 4.39 Å². The zero-order valence-corrected chi connectivity index (χ0v) is 17.4. The van der Waals surface area contributed by atoms with Crippen molar-refractivity contribution >= 4 is 17.5 Å². The van der Waals surface area contributed by atoms with Crippen LogP contribution in [0, 0.1) is 5.82 Å². The van der Waals surface area contributed by atoms with Gasteiger partial charge in [0, 0.05) is 11.6 Å². The molecule has 0 aliphatic heterocycles. The highest BCUT2D eigenvalue weighted by atomic mass is 35.5. The molecule has 0 bridgehead atoms. The SMILES string of the molecule is CCc1c(C(=O)NCC(c2ccc(F)cc2)N(C)C)cnn1-c1cccc(Cl)c1. The molecule has 0 fully saturated rings. The number of carbonyl (C=O) groups excluding carboxylic acids is 1. The molecule has 0 spiro atoms. The number of nitrogens with zero attached hydrogens (tertiary/aromatic N) is 3. The van der Waals surface area contributed by atoms with E-state index in [1.54, 1.807) is 29.1 Å². The summed E-state index contributed by atoms with van der Waals surface area (Å²) in [6.45, 7) is 2.37. The molecular formula is C22H24ClFN4O. The third-order valence-corrected chi connectivity index (χ3v) is 5.07. The van der Waals surface area contributed by atoms with Gasteiger partial charge < -0.3 is 10.2 Å².